The van der Waals surface area contributed by atoms with Gasteiger partial charge in [-0.05, 0) is 30.7 Å². The van der Waals surface area contributed by atoms with E-state index in [2.05, 4.69) is 5.32 Å². The SMILES string of the molecule is CC/C(N)=C/N(N)CCOCCOCCOCCNC(=O)c1ccc(-c2cc(=O)c3ccc(O)c(O)c3o2)cc1. The minimum atomic E-state index is -0.507. The molecule has 0 aliphatic rings. The maximum atomic E-state index is 12.4. The first-order valence-corrected chi connectivity index (χ1v) is 12.9. The second kappa shape index (κ2) is 15.5. The summed E-state index contributed by atoms with van der Waals surface area (Å²) >= 11 is 0. The van der Waals surface area contributed by atoms with Gasteiger partial charge >= 0.3 is 0 Å². The zero-order chi connectivity index (χ0) is 28.9. The van der Waals surface area contributed by atoms with Gasteiger partial charge in [0.15, 0.2) is 16.8 Å². The minimum Gasteiger partial charge on any atom is -0.504 e. The fraction of sp³-hybridized carbons (Fsp3) is 0.357. The van der Waals surface area contributed by atoms with Crippen LogP contribution in [0.3, 0.4) is 0 Å². The molecule has 3 rings (SSSR count). The lowest BCUT2D eigenvalue weighted by atomic mass is 10.1. The van der Waals surface area contributed by atoms with Crippen LogP contribution in [0.25, 0.3) is 22.3 Å². The lowest BCUT2D eigenvalue weighted by molar-refractivity contribution is 0.0128. The van der Waals surface area contributed by atoms with Crippen LogP contribution in [0.2, 0.25) is 0 Å². The standard InChI is InChI=1S/C28H36N4O8/c1-2-21(29)18-32(30)10-12-38-14-16-39-15-13-37-11-9-31-28(36)20-5-3-19(4-6-20)25-17-24(34)22-7-8-23(33)26(35)27(22)40-25/h3-8,17-18,33,35H,2,9-16,29-30H2,1H3,(H,31,36)/b21-18-. The third kappa shape index (κ3) is 8.99. The molecule has 1 heterocycles. The Morgan fingerprint density at radius 3 is 2.33 bits per heavy atom. The highest BCUT2D eigenvalue weighted by Crippen LogP contribution is 2.34. The van der Waals surface area contributed by atoms with Crippen molar-refractivity contribution < 1.29 is 33.6 Å². The number of phenols is 2. The molecule has 3 aromatic rings. The molecule has 0 bridgehead atoms. The molecule has 2 aromatic carbocycles. The van der Waals surface area contributed by atoms with E-state index in [0.717, 1.165) is 6.42 Å². The van der Waals surface area contributed by atoms with E-state index in [1.54, 1.807) is 30.5 Å². The fourth-order valence-corrected chi connectivity index (χ4v) is 3.54. The van der Waals surface area contributed by atoms with Gasteiger partial charge in [-0.2, -0.15) is 0 Å². The van der Waals surface area contributed by atoms with Crippen molar-refractivity contribution in [3.05, 3.63) is 70.1 Å². The van der Waals surface area contributed by atoms with E-state index in [-0.39, 0.29) is 33.8 Å². The first kappa shape index (κ1) is 30.4. The Kier molecular flexibility index (Phi) is 11.8. The fourth-order valence-electron chi connectivity index (χ4n) is 3.54. The third-order valence-corrected chi connectivity index (χ3v) is 5.79. The third-order valence-electron chi connectivity index (χ3n) is 5.79. The molecule has 0 spiro atoms. The highest BCUT2D eigenvalue weighted by Gasteiger charge is 2.14. The van der Waals surface area contributed by atoms with Gasteiger partial charge in [0.1, 0.15) is 5.76 Å². The van der Waals surface area contributed by atoms with Gasteiger partial charge in [-0.25, -0.2) is 5.84 Å². The summed E-state index contributed by atoms with van der Waals surface area (Å²) < 4.78 is 22.0. The lowest BCUT2D eigenvalue weighted by Gasteiger charge is -2.14. The molecular weight excluding hydrogens is 520 g/mol. The maximum Gasteiger partial charge on any atom is 0.251 e. The van der Waals surface area contributed by atoms with Gasteiger partial charge in [0, 0.05) is 35.6 Å². The van der Waals surface area contributed by atoms with E-state index in [1.165, 1.54) is 23.2 Å². The van der Waals surface area contributed by atoms with Crippen molar-refractivity contribution in [3.63, 3.8) is 0 Å². The molecule has 0 radical (unpaired) electrons. The normalized spacial score (nSPS) is 11.6. The Balaban J connectivity index is 1.30. The number of phenolic OH excluding ortho intramolecular Hbond substituents is 2. The van der Waals surface area contributed by atoms with Crippen LogP contribution >= 0.6 is 0 Å². The Morgan fingerprint density at radius 2 is 1.65 bits per heavy atom. The number of hydrazine groups is 1. The van der Waals surface area contributed by atoms with Crippen LogP contribution in [-0.4, -0.2) is 73.9 Å². The number of carbonyl (C=O) groups excluding carboxylic acids is 1. The Hall–Kier alpha value is -4.10. The molecule has 7 N–H and O–H groups in total. The number of amides is 1. The van der Waals surface area contributed by atoms with Crippen LogP contribution in [0, 0.1) is 0 Å². The number of nitrogens with zero attached hydrogens (tertiary/aromatic N) is 1. The first-order valence-electron chi connectivity index (χ1n) is 12.9. The Labute approximate surface area is 231 Å². The van der Waals surface area contributed by atoms with Crippen molar-refractivity contribution in [2.24, 2.45) is 11.6 Å². The second-order valence-electron chi connectivity index (χ2n) is 8.75. The second-order valence-corrected chi connectivity index (χ2v) is 8.75. The highest BCUT2D eigenvalue weighted by molar-refractivity contribution is 5.94. The van der Waals surface area contributed by atoms with Crippen LogP contribution in [0.15, 0.2) is 63.6 Å². The summed E-state index contributed by atoms with van der Waals surface area (Å²) in [5.74, 6) is 4.79. The summed E-state index contributed by atoms with van der Waals surface area (Å²) in [7, 11) is 0. The van der Waals surface area contributed by atoms with E-state index in [4.69, 9.17) is 30.2 Å². The van der Waals surface area contributed by atoms with Crippen molar-refractivity contribution in [3.8, 4) is 22.8 Å². The average Bonchev–Trinajstić information content (AvgIpc) is 2.95. The minimum absolute atomic E-state index is 0.107. The molecule has 216 valence electrons. The summed E-state index contributed by atoms with van der Waals surface area (Å²) in [5, 5.41) is 24.2. The van der Waals surface area contributed by atoms with Gasteiger partial charge in [0.05, 0.1) is 51.6 Å². The number of benzene rings is 2. The molecule has 0 fully saturated rings. The maximum absolute atomic E-state index is 12.4. The van der Waals surface area contributed by atoms with E-state index in [1.807, 2.05) is 6.92 Å². The summed E-state index contributed by atoms with van der Waals surface area (Å²) in [5.41, 5.74) is 6.89. The highest BCUT2D eigenvalue weighted by atomic mass is 16.5. The number of hydrogen-bond donors (Lipinski definition) is 5. The zero-order valence-corrected chi connectivity index (χ0v) is 22.4. The molecule has 0 saturated carbocycles. The van der Waals surface area contributed by atoms with Gasteiger partial charge in [0.2, 0.25) is 5.75 Å². The molecule has 0 aliphatic carbocycles. The summed E-state index contributed by atoms with van der Waals surface area (Å²) in [6.45, 7) is 5.24. The molecule has 0 unspecified atom stereocenters. The summed E-state index contributed by atoms with van der Waals surface area (Å²) in [6.07, 6.45) is 2.43. The van der Waals surface area contributed by atoms with Crippen molar-refractivity contribution in [1.29, 1.82) is 0 Å². The number of ether oxygens (including phenoxy) is 3. The molecule has 0 atom stereocenters. The number of carbonyl (C=O) groups is 1. The number of nitrogens with two attached hydrogens (primary N) is 2. The molecule has 40 heavy (non-hydrogen) atoms. The first-order chi connectivity index (χ1) is 19.3. The topological polar surface area (TPSA) is 183 Å². The van der Waals surface area contributed by atoms with Gasteiger partial charge < -0.3 is 44.9 Å². The van der Waals surface area contributed by atoms with E-state index >= 15 is 0 Å². The number of aromatic hydroxyl groups is 2. The largest absolute Gasteiger partial charge is 0.504 e. The summed E-state index contributed by atoms with van der Waals surface area (Å²) in [4.78, 5) is 24.8. The summed E-state index contributed by atoms with van der Waals surface area (Å²) in [6, 6.07) is 10.3. The number of nitrogens with one attached hydrogen (secondary N) is 1. The Morgan fingerprint density at radius 1 is 1.00 bits per heavy atom. The molecule has 12 nitrogen and oxygen atoms in total. The number of allylic oxidation sites excluding steroid dienone is 1. The molecule has 0 aliphatic heterocycles. The van der Waals surface area contributed by atoms with E-state index in [9.17, 15) is 19.8 Å². The van der Waals surface area contributed by atoms with Gasteiger partial charge in [-0.3, -0.25) is 9.59 Å². The van der Waals surface area contributed by atoms with Gasteiger partial charge in [0.25, 0.3) is 5.91 Å². The predicted molar refractivity (Wildman–Crippen MR) is 149 cm³/mol. The molecule has 0 saturated heterocycles. The van der Waals surface area contributed by atoms with Crippen molar-refractivity contribution in [2.75, 3.05) is 52.7 Å². The van der Waals surface area contributed by atoms with Crippen LogP contribution in [-0.2, 0) is 14.2 Å². The molecule has 1 aromatic heterocycles. The smallest absolute Gasteiger partial charge is 0.251 e. The Bertz CT molecular complexity index is 1340. The van der Waals surface area contributed by atoms with Crippen molar-refractivity contribution in [1.82, 2.24) is 10.3 Å². The average molecular weight is 557 g/mol. The molecule has 1 amide bonds. The zero-order valence-electron chi connectivity index (χ0n) is 22.4. The molecule has 12 heteroatoms. The van der Waals surface area contributed by atoms with E-state index in [0.29, 0.717) is 69.6 Å². The van der Waals surface area contributed by atoms with Crippen LogP contribution in [0.1, 0.15) is 23.7 Å². The van der Waals surface area contributed by atoms with Crippen LogP contribution < -0.4 is 22.3 Å². The van der Waals surface area contributed by atoms with E-state index < -0.39 is 5.75 Å². The lowest BCUT2D eigenvalue weighted by Crippen LogP contribution is -2.30. The number of rotatable bonds is 16. The number of hydrogen-bond acceptors (Lipinski definition) is 11. The van der Waals surface area contributed by atoms with Crippen molar-refractivity contribution in [2.45, 2.75) is 13.3 Å². The van der Waals surface area contributed by atoms with Crippen LogP contribution in [0.5, 0.6) is 11.5 Å². The van der Waals surface area contributed by atoms with Crippen molar-refractivity contribution >= 4 is 16.9 Å². The molecular formula is C28H36N4O8. The predicted octanol–water partition coefficient (Wildman–Crippen LogP) is 2.04. The monoisotopic (exact) mass is 556 g/mol. The number of fused-ring (bicyclic) bond motifs is 1. The quantitative estimate of drug-likeness (QED) is 0.0753. The van der Waals surface area contributed by atoms with Gasteiger partial charge in [-0.1, -0.05) is 19.1 Å². The van der Waals surface area contributed by atoms with Crippen LogP contribution in [0.4, 0.5) is 0 Å². The van der Waals surface area contributed by atoms with Gasteiger partial charge in [-0.15, -0.1) is 0 Å².